The average Bonchev–Trinajstić information content (AvgIpc) is 3.22. The minimum atomic E-state index is -0.573. The zero-order valence-electron chi connectivity index (χ0n) is 15.3. The molecule has 0 spiro atoms. The van der Waals surface area contributed by atoms with Crippen molar-refractivity contribution < 1.29 is 18.7 Å². The second kappa shape index (κ2) is 8.23. The first-order valence-electron chi connectivity index (χ1n) is 8.84. The highest BCUT2D eigenvalue weighted by Crippen LogP contribution is 2.38. The Hall–Kier alpha value is -2.85. The summed E-state index contributed by atoms with van der Waals surface area (Å²) in [5, 5.41) is 12.5. The molecule has 0 saturated carbocycles. The second-order valence-corrected chi connectivity index (χ2v) is 7.31. The van der Waals surface area contributed by atoms with E-state index in [2.05, 4.69) is 5.32 Å². The normalized spacial score (nSPS) is 13.6. The van der Waals surface area contributed by atoms with Gasteiger partial charge >= 0.3 is 5.97 Å². The Kier molecular flexibility index (Phi) is 5.77. The lowest BCUT2D eigenvalue weighted by molar-refractivity contribution is -0.112. The maximum absolute atomic E-state index is 12.6. The summed E-state index contributed by atoms with van der Waals surface area (Å²) in [5.41, 5.74) is 1.30. The number of rotatable bonds is 5. The Bertz CT molecular complexity index is 946. The van der Waals surface area contributed by atoms with Crippen LogP contribution in [0.3, 0.4) is 0 Å². The van der Waals surface area contributed by atoms with Gasteiger partial charge < -0.3 is 14.5 Å². The summed E-state index contributed by atoms with van der Waals surface area (Å²) in [4.78, 5) is 26.2. The van der Waals surface area contributed by atoms with Crippen LogP contribution in [0.4, 0.5) is 5.00 Å². The molecule has 3 rings (SSSR count). The zero-order chi connectivity index (χ0) is 19.4. The van der Waals surface area contributed by atoms with Gasteiger partial charge in [-0.15, -0.1) is 11.3 Å². The molecule has 1 aliphatic carbocycles. The van der Waals surface area contributed by atoms with Crippen LogP contribution in [0.15, 0.2) is 22.1 Å². The summed E-state index contributed by atoms with van der Waals surface area (Å²) in [5.74, 6) is 0.108. The molecule has 0 saturated heterocycles. The van der Waals surface area contributed by atoms with Crippen molar-refractivity contribution in [2.24, 2.45) is 0 Å². The molecule has 27 heavy (non-hydrogen) atoms. The van der Waals surface area contributed by atoms with E-state index in [9.17, 15) is 14.9 Å². The van der Waals surface area contributed by atoms with Crippen LogP contribution in [0, 0.1) is 18.3 Å². The topological polar surface area (TPSA) is 92.3 Å². The van der Waals surface area contributed by atoms with Crippen molar-refractivity contribution in [3.63, 3.8) is 0 Å². The molecule has 0 bridgehead atoms. The van der Waals surface area contributed by atoms with Crippen molar-refractivity contribution in [2.75, 3.05) is 11.9 Å². The molecule has 1 amide bonds. The van der Waals surface area contributed by atoms with Gasteiger partial charge in [0.05, 0.1) is 12.2 Å². The van der Waals surface area contributed by atoms with E-state index < -0.39 is 11.9 Å². The summed E-state index contributed by atoms with van der Waals surface area (Å²) in [6.45, 7) is 3.79. The monoisotopic (exact) mass is 384 g/mol. The molecule has 7 heteroatoms. The number of ether oxygens (including phenoxy) is 1. The van der Waals surface area contributed by atoms with Crippen LogP contribution in [-0.4, -0.2) is 18.5 Å². The molecule has 0 aromatic carbocycles. The number of fused-ring (bicyclic) bond motifs is 1. The summed E-state index contributed by atoms with van der Waals surface area (Å²) >= 11 is 1.39. The Morgan fingerprint density at radius 2 is 2.15 bits per heavy atom. The fourth-order valence-electron chi connectivity index (χ4n) is 3.07. The van der Waals surface area contributed by atoms with Gasteiger partial charge in [0, 0.05) is 11.0 Å². The van der Waals surface area contributed by atoms with E-state index >= 15 is 0 Å². The molecule has 2 aromatic heterocycles. The molecular formula is C20H20N2O4S. The largest absolute Gasteiger partial charge is 0.462 e. The Morgan fingerprint density at radius 1 is 1.37 bits per heavy atom. The fourth-order valence-corrected chi connectivity index (χ4v) is 4.34. The minimum Gasteiger partial charge on any atom is -0.462 e. The van der Waals surface area contributed by atoms with Gasteiger partial charge in [0.15, 0.2) is 0 Å². The third kappa shape index (κ3) is 4.12. The Labute approximate surface area is 161 Å². The average molecular weight is 384 g/mol. The standard InChI is InChI=1S/C20H20N2O4S/c1-3-25-20(24)17-15-6-4-5-7-16(15)27-19(17)22-18(23)13(11-21)10-14-9-8-12(2)26-14/h8-10H,3-7H2,1-2H3,(H,22,23)/b13-10+. The Balaban J connectivity index is 1.91. The van der Waals surface area contributed by atoms with Crippen LogP contribution in [-0.2, 0) is 22.4 Å². The number of furan rings is 1. The quantitative estimate of drug-likeness (QED) is 0.473. The summed E-state index contributed by atoms with van der Waals surface area (Å²) < 4.78 is 10.6. The summed E-state index contributed by atoms with van der Waals surface area (Å²) in [6.07, 6.45) is 5.13. The third-order valence-corrected chi connectivity index (χ3v) is 5.50. The van der Waals surface area contributed by atoms with Crippen molar-refractivity contribution in [1.82, 2.24) is 0 Å². The molecule has 2 aromatic rings. The lowest BCUT2D eigenvalue weighted by Crippen LogP contribution is -2.16. The van der Waals surface area contributed by atoms with Crippen LogP contribution in [0.1, 0.15) is 52.1 Å². The SMILES string of the molecule is CCOC(=O)c1c(NC(=O)/C(C#N)=C/c2ccc(C)o2)sc2c1CCCC2. The third-order valence-electron chi connectivity index (χ3n) is 4.29. The first-order valence-corrected chi connectivity index (χ1v) is 9.66. The smallest absolute Gasteiger partial charge is 0.341 e. The van der Waals surface area contributed by atoms with Crippen molar-refractivity contribution in [2.45, 2.75) is 39.5 Å². The van der Waals surface area contributed by atoms with Crippen molar-refractivity contribution in [3.8, 4) is 6.07 Å². The van der Waals surface area contributed by atoms with E-state index in [1.54, 1.807) is 26.0 Å². The number of nitrogens with zero attached hydrogens (tertiary/aromatic N) is 1. The molecule has 0 radical (unpaired) electrons. The van der Waals surface area contributed by atoms with E-state index in [1.807, 2.05) is 6.07 Å². The summed E-state index contributed by atoms with van der Waals surface area (Å²) in [7, 11) is 0. The lowest BCUT2D eigenvalue weighted by Gasteiger charge is -2.12. The number of esters is 1. The maximum Gasteiger partial charge on any atom is 0.341 e. The van der Waals surface area contributed by atoms with Crippen LogP contribution in [0.2, 0.25) is 0 Å². The van der Waals surface area contributed by atoms with E-state index in [4.69, 9.17) is 9.15 Å². The Morgan fingerprint density at radius 3 is 2.81 bits per heavy atom. The molecule has 140 valence electrons. The van der Waals surface area contributed by atoms with E-state index in [-0.39, 0.29) is 12.2 Å². The highest BCUT2D eigenvalue weighted by molar-refractivity contribution is 7.17. The first-order chi connectivity index (χ1) is 13.0. The molecular weight excluding hydrogens is 364 g/mol. The van der Waals surface area contributed by atoms with Gasteiger partial charge in [-0.3, -0.25) is 4.79 Å². The number of nitriles is 1. The van der Waals surface area contributed by atoms with Gasteiger partial charge in [0.2, 0.25) is 0 Å². The number of carbonyl (C=O) groups excluding carboxylic acids is 2. The molecule has 6 nitrogen and oxygen atoms in total. The van der Waals surface area contributed by atoms with Gasteiger partial charge in [-0.05, 0) is 57.2 Å². The predicted molar refractivity (Wildman–Crippen MR) is 103 cm³/mol. The molecule has 0 unspecified atom stereocenters. The van der Waals surface area contributed by atoms with Crippen molar-refractivity contribution in [1.29, 1.82) is 5.26 Å². The molecule has 1 aliphatic rings. The van der Waals surface area contributed by atoms with Crippen molar-refractivity contribution >= 4 is 34.3 Å². The van der Waals surface area contributed by atoms with E-state index in [0.29, 0.717) is 22.1 Å². The van der Waals surface area contributed by atoms with Gasteiger partial charge in [0.1, 0.15) is 28.2 Å². The number of amides is 1. The predicted octanol–water partition coefficient (Wildman–Crippen LogP) is 4.25. The van der Waals surface area contributed by atoms with Gasteiger partial charge in [-0.2, -0.15) is 5.26 Å². The van der Waals surface area contributed by atoms with E-state index in [0.717, 1.165) is 36.1 Å². The van der Waals surface area contributed by atoms with Crippen LogP contribution >= 0.6 is 11.3 Å². The van der Waals surface area contributed by atoms with Gasteiger partial charge in [-0.25, -0.2) is 4.79 Å². The number of anilines is 1. The van der Waals surface area contributed by atoms with E-state index in [1.165, 1.54) is 17.4 Å². The highest BCUT2D eigenvalue weighted by atomic mass is 32.1. The lowest BCUT2D eigenvalue weighted by atomic mass is 9.95. The first kappa shape index (κ1) is 18.9. The second-order valence-electron chi connectivity index (χ2n) is 6.21. The van der Waals surface area contributed by atoms with Gasteiger partial charge in [0.25, 0.3) is 5.91 Å². The minimum absolute atomic E-state index is 0.0921. The number of carbonyl (C=O) groups is 2. The number of hydrogen-bond donors (Lipinski definition) is 1. The summed E-state index contributed by atoms with van der Waals surface area (Å²) in [6, 6.07) is 5.34. The van der Waals surface area contributed by atoms with Gasteiger partial charge in [-0.1, -0.05) is 0 Å². The number of aryl methyl sites for hydroxylation is 2. The molecule has 0 atom stereocenters. The molecule has 0 aliphatic heterocycles. The molecule has 0 fully saturated rings. The van der Waals surface area contributed by atoms with Crippen LogP contribution < -0.4 is 5.32 Å². The van der Waals surface area contributed by atoms with Crippen molar-refractivity contribution in [3.05, 3.63) is 45.2 Å². The molecule has 1 N–H and O–H groups in total. The number of hydrogen-bond acceptors (Lipinski definition) is 6. The maximum atomic E-state index is 12.6. The van der Waals surface area contributed by atoms with Crippen LogP contribution in [0.25, 0.3) is 6.08 Å². The van der Waals surface area contributed by atoms with Crippen LogP contribution in [0.5, 0.6) is 0 Å². The molecule has 2 heterocycles. The number of nitrogens with one attached hydrogen (secondary N) is 1. The highest BCUT2D eigenvalue weighted by Gasteiger charge is 2.27. The number of thiophene rings is 1. The fraction of sp³-hybridized carbons (Fsp3) is 0.350. The zero-order valence-corrected chi connectivity index (χ0v) is 16.1.